The highest BCUT2D eigenvalue weighted by Crippen LogP contribution is 2.31. The number of anilines is 2. The van der Waals surface area contributed by atoms with Crippen LogP contribution in [0.3, 0.4) is 0 Å². The lowest BCUT2D eigenvalue weighted by molar-refractivity contribution is -0.143. The molecule has 0 aliphatic carbocycles. The van der Waals surface area contributed by atoms with Crippen LogP contribution in [0, 0.1) is 6.92 Å². The van der Waals surface area contributed by atoms with E-state index in [4.69, 9.17) is 9.15 Å². The SMILES string of the molecule is Cc1cc([C@@H](C)Nc2ccccc2C(=O)O)c2oc(N3CCOC(=O)C3)cc(=O)c2c1. The number of benzene rings is 2. The lowest BCUT2D eigenvalue weighted by atomic mass is 10.0. The van der Waals surface area contributed by atoms with Crippen molar-refractivity contribution in [3.63, 3.8) is 0 Å². The highest BCUT2D eigenvalue weighted by Gasteiger charge is 2.23. The predicted octanol–water partition coefficient (Wildman–Crippen LogP) is 3.34. The van der Waals surface area contributed by atoms with E-state index in [1.165, 1.54) is 12.1 Å². The van der Waals surface area contributed by atoms with Crippen LogP contribution in [0.25, 0.3) is 11.0 Å². The summed E-state index contributed by atoms with van der Waals surface area (Å²) >= 11 is 0. The number of carbonyl (C=O) groups is 2. The Labute approximate surface area is 178 Å². The van der Waals surface area contributed by atoms with Crippen molar-refractivity contribution in [3.05, 3.63) is 69.4 Å². The van der Waals surface area contributed by atoms with Gasteiger partial charge in [-0.05, 0) is 37.6 Å². The molecule has 8 heteroatoms. The Morgan fingerprint density at radius 2 is 1.97 bits per heavy atom. The first-order valence-electron chi connectivity index (χ1n) is 9.91. The number of para-hydroxylation sites is 1. The van der Waals surface area contributed by atoms with Gasteiger partial charge in [-0.15, -0.1) is 0 Å². The predicted molar refractivity (Wildman–Crippen MR) is 116 cm³/mol. The maximum Gasteiger partial charge on any atom is 0.337 e. The van der Waals surface area contributed by atoms with Crippen LogP contribution >= 0.6 is 0 Å². The Morgan fingerprint density at radius 3 is 2.71 bits per heavy atom. The van der Waals surface area contributed by atoms with Gasteiger partial charge in [0, 0.05) is 17.3 Å². The van der Waals surface area contributed by atoms with E-state index in [-0.39, 0.29) is 36.2 Å². The van der Waals surface area contributed by atoms with Gasteiger partial charge >= 0.3 is 11.9 Å². The van der Waals surface area contributed by atoms with Crippen molar-refractivity contribution in [3.8, 4) is 0 Å². The zero-order valence-electron chi connectivity index (χ0n) is 17.2. The fraction of sp³-hybridized carbons (Fsp3) is 0.261. The molecule has 0 amide bonds. The van der Waals surface area contributed by atoms with E-state index in [2.05, 4.69) is 5.32 Å². The van der Waals surface area contributed by atoms with Crippen molar-refractivity contribution < 1.29 is 23.8 Å². The summed E-state index contributed by atoms with van der Waals surface area (Å²) in [5.41, 5.74) is 2.41. The number of aryl methyl sites for hydroxylation is 1. The number of aromatic carboxylic acids is 1. The number of rotatable bonds is 5. The van der Waals surface area contributed by atoms with Gasteiger partial charge in [0.15, 0.2) is 5.43 Å². The second-order valence-electron chi connectivity index (χ2n) is 7.54. The number of hydrogen-bond acceptors (Lipinski definition) is 7. The largest absolute Gasteiger partial charge is 0.478 e. The van der Waals surface area contributed by atoms with Crippen molar-refractivity contribution in [2.45, 2.75) is 19.9 Å². The number of carboxylic acid groups (broad SMARTS) is 1. The summed E-state index contributed by atoms with van der Waals surface area (Å²) in [5, 5.41) is 13.1. The van der Waals surface area contributed by atoms with Crippen LogP contribution in [0.2, 0.25) is 0 Å². The fourth-order valence-electron chi connectivity index (χ4n) is 3.74. The van der Waals surface area contributed by atoms with Crippen LogP contribution in [-0.2, 0) is 9.53 Å². The summed E-state index contributed by atoms with van der Waals surface area (Å²) in [6, 6.07) is 11.3. The number of carboxylic acids is 1. The molecule has 1 saturated heterocycles. The Kier molecular flexibility index (Phi) is 5.37. The first kappa shape index (κ1) is 20.5. The first-order valence-corrected chi connectivity index (χ1v) is 9.91. The van der Waals surface area contributed by atoms with Gasteiger partial charge in [0.1, 0.15) is 18.7 Å². The highest BCUT2D eigenvalue weighted by molar-refractivity contribution is 5.94. The number of nitrogens with zero attached hydrogens (tertiary/aromatic N) is 1. The summed E-state index contributed by atoms with van der Waals surface area (Å²) in [5.74, 6) is -1.11. The van der Waals surface area contributed by atoms with Gasteiger partial charge in [0.2, 0.25) is 5.88 Å². The molecule has 160 valence electrons. The number of carbonyl (C=O) groups excluding carboxylic acids is 1. The Bertz CT molecular complexity index is 1230. The van der Waals surface area contributed by atoms with E-state index < -0.39 is 5.97 Å². The molecule has 2 N–H and O–H groups in total. The minimum Gasteiger partial charge on any atom is -0.478 e. The summed E-state index contributed by atoms with van der Waals surface area (Å²) in [6.07, 6.45) is 0. The van der Waals surface area contributed by atoms with Crippen molar-refractivity contribution in [2.24, 2.45) is 0 Å². The van der Waals surface area contributed by atoms with Gasteiger partial charge in [-0.2, -0.15) is 0 Å². The van der Waals surface area contributed by atoms with Crippen LogP contribution in [-0.4, -0.2) is 36.7 Å². The molecule has 0 radical (unpaired) electrons. The van der Waals surface area contributed by atoms with E-state index in [1.807, 2.05) is 19.9 Å². The van der Waals surface area contributed by atoms with Crippen LogP contribution in [0.5, 0.6) is 0 Å². The molecule has 1 atom stereocenters. The third kappa shape index (κ3) is 4.09. The molecule has 1 aliphatic rings. The van der Waals surface area contributed by atoms with Crippen LogP contribution in [0.15, 0.2) is 51.7 Å². The zero-order valence-corrected chi connectivity index (χ0v) is 17.2. The average Bonchev–Trinajstić information content (AvgIpc) is 2.74. The topological polar surface area (TPSA) is 109 Å². The third-order valence-corrected chi connectivity index (χ3v) is 5.24. The summed E-state index contributed by atoms with van der Waals surface area (Å²) in [7, 11) is 0. The molecule has 1 aromatic heterocycles. The Balaban J connectivity index is 1.79. The summed E-state index contributed by atoms with van der Waals surface area (Å²) in [4.78, 5) is 37.7. The molecule has 0 spiro atoms. The standard InChI is InChI=1S/C23H22N2O6/c1-13-9-16(14(2)24-18-6-4-3-5-15(18)23(28)29)22-17(10-13)19(26)11-20(31-22)25-7-8-30-21(27)12-25/h3-6,9-11,14,24H,7-8,12H2,1-2H3,(H,28,29)/t14-/m1/s1. The van der Waals surface area contributed by atoms with Gasteiger partial charge in [-0.3, -0.25) is 9.59 Å². The number of fused-ring (bicyclic) bond motifs is 1. The van der Waals surface area contributed by atoms with E-state index >= 15 is 0 Å². The van der Waals surface area contributed by atoms with Gasteiger partial charge in [0.05, 0.1) is 23.5 Å². The molecule has 8 nitrogen and oxygen atoms in total. The number of morpholine rings is 1. The molecular weight excluding hydrogens is 400 g/mol. The summed E-state index contributed by atoms with van der Waals surface area (Å²) in [6.45, 7) is 4.43. The third-order valence-electron chi connectivity index (χ3n) is 5.24. The van der Waals surface area contributed by atoms with E-state index in [0.717, 1.165) is 5.56 Å². The van der Waals surface area contributed by atoms with Crippen molar-refractivity contribution in [1.82, 2.24) is 0 Å². The van der Waals surface area contributed by atoms with Gasteiger partial charge in [-0.25, -0.2) is 4.79 Å². The quantitative estimate of drug-likeness (QED) is 0.603. The zero-order chi connectivity index (χ0) is 22.1. The molecular formula is C23H22N2O6. The number of nitrogens with one attached hydrogen (secondary N) is 1. The monoisotopic (exact) mass is 422 g/mol. The number of cyclic esters (lactones) is 1. The van der Waals surface area contributed by atoms with Crippen molar-refractivity contribution in [2.75, 3.05) is 29.9 Å². The minimum absolute atomic E-state index is 0.00936. The van der Waals surface area contributed by atoms with Crippen molar-refractivity contribution >= 4 is 34.5 Å². The summed E-state index contributed by atoms with van der Waals surface area (Å²) < 4.78 is 11.1. The number of ether oxygens (including phenoxy) is 1. The minimum atomic E-state index is -1.03. The molecule has 0 unspecified atom stereocenters. The van der Waals surface area contributed by atoms with Crippen molar-refractivity contribution in [1.29, 1.82) is 0 Å². The van der Waals surface area contributed by atoms with Crippen LogP contribution < -0.4 is 15.6 Å². The second-order valence-corrected chi connectivity index (χ2v) is 7.54. The molecule has 4 rings (SSSR count). The molecule has 1 fully saturated rings. The van der Waals surface area contributed by atoms with Crippen LogP contribution in [0.4, 0.5) is 11.6 Å². The normalized spacial score (nSPS) is 14.9. The average molecular weight is 422 g/mol. The fourth-order valence-corrected chi connectivity index (χ4v) is 3.74. The van der Waals surface area contributed by atoms with E-state index in [1.54, 1.807) is 29.2 Å². The molecule has 0 saturated carbocycles. The second kappa shape index (κ2) is 8.14. The maximum absolute atomic E-state index is 12.9. The number of esters is 1. The van der Waals surface area contributed by atoms with Crippen LogP contribution in [0.1, 0.15) is 34.5 Å². The van der Waals surface area contributed by atoms with Gasteiger partial charge in [-0.1, -0.05) is 18.2 Å². The molecule has 2 aromatic carbocycles. The van der Waals surface area contributed by atoms with Gasteiger partial charge < -0.3 is 24.5 Å². The molecule has 31 heavy (non-hydrogen) atoms. The lowest BCUT2D eigenvalue weighted by Crippen LogP contribution is -2.40. The highest BCUT2D eigenvalue weighted by atomic mass is 16.5. The molecule has 1 aliphatic heterocycles. The number of hydrogen-bond donors (Lipinski definition) is 2. The molecule has 0 bridgehead atoms. The van der Waals surface area contributed by atoms with E-state index in [9.17, 15) is 19.5 Å². The lowest BCUT2D eigenvalue weighted by Gasteiger charge is -2.26. The Morgan fingerprint density at radius 1 is 1.19 bits per heavy atom. The molecule has 2 heterocycles. The van der Waals surface area contributed by atoms with E-state index in [0.29, 0.717) is 34.6 Å². The van der Waals surface area contributed by atoms with Gasteiger partial charge in [0.25, 0.3) is 0 Å². The first-order chi connectivity index (χ1) is 14.8. The smallest absolute Gasteiger partial charge is 0.337 e. The maximum atomic E-state index is 12.9. The Hall–Kier alpha value is -3.81. The molecule has 3 aromatic rings.